The molecule has 1 atom stereocenters. The molecule has 14 heavy (non-hydrogen) atoms. The summed E-state index contributed by atoms with van der Waals surface area (Å²) >= 11 is 0. The number of halogens is 3. The van der Waals surface area contributed by atoms with Gasteiger partial charge in [-0.3, -0.25) is 0 Å². The van der Waals surface area contributed by atoms with Crippen molar-refractivity contribution in [1.82, 2.24) is 5.32 Å². The van der Waals surface area contributed by atoms with Crippen LogP contribution in [0, 0.1) is 0 Å². The Hall–Kier alpha value is -0.970. The van der Waals surface area contributed by atoms with E-state index in [0.29, 0.717) is 5.76 Å². The molecule has 0 fully saturated rings. The molecule has 0 saturated carbocycles. The van der Waals surface area contributed by atoms with Crippen LogP contribution in [0.3, 0.4) is 0 Å². The molecule has 1 unspecified atom stereocenters. The van der Waals surface area contributed by atoms with E-state index < -0.39 is 12.6 Å². The molecule has 0 aromatic carbocycles. The van der Waals surface area contributed by atoms with Crippen molar-refractivity contribution in [3.63, 3.8) is 0 Å². The predicted molar refractivity (Wildman–Crippen MR) is 45.8 cm³/mol. The van der Waals surface area contributed by atoms with E-state index >= 15 is 0 Å². The Labute approximate surface area is 80.1 Å². The minimum Gasteiger partial charge on any atom is -0.468 e. The molecule has 0 aliphatic carbocycles. The fourth-order valence-electron chi connectivity index (χ4n) is 1.23. The lowest BCUT2D eigenvalue weighted by Gasteiger charge is -2.14. The second kappa shape index (κ2) is 4.50. The first kappa shape index (κ1) is 11.1. The molecule has 0 bridgehead atoms. The molecule has 5 heteroatoms. The summed E-state index contributed by atoms with van der Waals surface area (Å²) in [4.78, 5) is 0. The predicted octanol–water partition coefficient (Wildman–Crippen LogP) is 2.88. The van der Waals surface area contributed by atoms with E-state index in [4.69, 9.17) is 4.42 Å². The van der Waals surface area contributed by atoms with Crippen LogP contribution >= 0.6 is 0 Å². The van der Waals surface area contributed by atoms with E-state index in [-0.39, 0.29) is 12.5 Å². The first-order valence-electron chi connectivity index (χ1n) is 4.30. The highest BCUT2D eigenvalue weighted by Crippen LogP contribution is 2.27. The van der Waals surface area contributed by atoms with Crippen molar-refractivity contribution in [1.29, 1.82) is 0 Å². The van der Waals surface area contributed by atoms with Gasteiger partial charge in [-0.2, -0.15) is 13.2 Å². The Balaban J connectivity index is 2.49. The summed E-state index contributed by atoms with van der Waals surface area (Å²) < 4.78 is 40.8. The van der Waals surface area contributed by atoms with Gasteiger partial charge in [0, 0.05) is 6.42 Å². The molecule has 1 rings (SSSR count). The molecule has 1 aromatic heterocycles. The fourth-order valence-corrected chi connectivity index (χ4v) is 1.23. The molecule has 1 heterocycles. The number of hydrogen-bond acceptors (Lipinski definition) is 2. The molecule has 0 spiro atoms. The van der Waals surface area contributed by atoms with Gasteiger partial charge in [0.15, 0.2) is 0 Å². The van der Waals surface area contributed by atoms with E-state index in [1.54, 1.807) is 19.2 Å². The summed E-state index contributed by atoms with van der Waals surface area (Å²) in [6.07, 6.45) is -3.47. The van der Waals surface area contributed by atoms with Crippen LogP contribution in [-0.2, 0) is 0 Å². The topological polar surface area (TPSA) is 25.2 Å². The van der Waals surface area contributed by atoms with Crippen molar-refractivity contribution < 1.29 is 17.6 Å². The van der Waals surface area contributed by atoms with E-state index in [9.17, 15) is 13.2 Å². The number of rotatable bonds is 4. The Bertz CT molecular complexity index is 256. The van der Waals surface area contributed by atoms with Crippen molar-refractivity contribution in [2.24, 2.45) is 0 Å². The van der Waals surface area contributed by atoms with Crippen molar-refractivity contribution in [3.05, 3.63) is 24.2 Å². The molecule has 0 aliphatic heterocycles. The second-order valence-corrected chi connectivity index (χ2v) is 3.01. The highest BCUT2D eigenvalue weighted by atomic mass is 19.4. The molecule has 1 aromatic rings. The molecule has 2 nitrogen and oxygen atoms in total. The molecular weight excluding hydrogens is 195 g/mol. The minimum absolute atomic E-state index is 0.00644. The zero-order valence-corrected chi connectivity index (χ0v) is 7.77. The van der Waals surface area contributed by atoms with Crippen molar-refractivity contribution in [2.45, 2.75) is 25.1 Å². The Morgan fingerprint density at radius 3 is 2.64 bits per heavy atom. The van der Waals surface area contributed by atoms with Gasteiger partial charge >= 0.3 is 6.18 Å². The van der Waals surface area contributed by atoms with Gasteiger partial charge in [0.1, 0.15) is 5.76 Å². The largest absolute Gasteiger partial charge is 0.468 e. The molecule has 80 valence electrons. The number of nitrogens with one attached hydrogen (secondary N) is 1. The Morgan fingerprint density at radius 1 is 1.50 bits per heavy atom. The monoisotopic (exact) mass is 207 g/mol. The summed E-state index contributed by atoms with van der Waals surface area (Å²) in [5.41, 5.74) is 0. The zero-order chi connectivity index (χ0) is 10.6. The molecule has 1 N–H and O–H groups in total. The van der Waals surface area contributed by atoms with Crippen LogP contribution in [0.15, 0.2) is 22.8 Å². The number of hydrogen-bond donors (Lipinski definition) is 1. The summed E-state index contributed by atoms with van der Waals surface area (Å²) in [5, 5.41) is 2.78. The first-order valence-corrected chi connectivity index (χ1v) is 4.30. The molecule has 0 radical (unpaired) electrons. The van der Waals surface area contributed by atoms with Crippen LogP contribution < -0.4 is 5.32 Å². The van der Waals surface area contributed by atoms with Crippen LogP contribution in [-0.4, -0.2) is 13.2 Å². The third kappa shape index (κ3) is 3.41. The lowest BCUT2D eigenvalue weighted by Crippen LogP contribution is -2.19. The van der Waals surface area contributed by atoms with Crippen molar-refractivity contribution >= 4 is 0 Å². The van der Waals surface area contributed by atoms with Crippen LogP contribution in [0.25, 0.3) is 0 Å². The van der Waals surface area contributed by atoms with E-state index in [2.05, 4.69) is 5.32 Å². The highest BCUT2D eigenvalue weighted by Gasteiger charge is 2.28. The van der Waals surface area contributed by atoms with Crippen LogP contribution in [0.5, 0.6) is 0 Å². The van der Waals surface area contributed by atoms with Crippen LogP contribution in [0.4, 0.5) is 13.2 Å². The smallest absolute Gasteiger partial charge is 0.389 e. The molecule has 0 amide bonds. The zero-order valence-electron chi connectivity index (χ0n) is 7.77. The van der Waals surface area contributed by atoms with E-state index in [0.717, 1.165) is 0 Å². The Morgan fingerprint density at radius 2 is 2.21 bits per heavy atom. The molecular formula is C9H12F3NO. The summed E-state index contributed by atoms with van der Waals surface area (Å²) in [7, 11) is 1.61. The second-order valence-electron chi connectivity index (χ2n) is 3.01. The standard InChI is InChI=1S/C9H12F3NO/c1-13-7(4-5-9(10,11)12)8-3-2-6-14-8/h2-3,6-7,13H,4-5H2,1H3. The van der Waals surface area contributed by atoms with Crippen LogP contribution in [0.1, 0.15) is 24.6 Å². The summed E-state index contributed by atoms with van der Waals surface area (Å²) in [6.45, 7) is 0. The SMILES string of the molecule is CNC(CCC(F)(F)F)c1ccco1. The van der Waals surface area contributed by atoms with Gasteiger partial charge in [0.2, 0.25) is 0 Å². The summed E-state index contributed by atoms with van der Waals surface area (Å²) in [6, 6.07) is 2.96. The summed E-state index contributed by atoms with van der Waals surface area (Å²) in [5.74, 6) is 0.539. The van der Waals surface area contributed by atoms with Gasteiger partial charge in [-0.05, 0) is 25.6 Å². The van der Waals surface area contributed by atoms with Crippen molar-refractivity contribution in [2.75, 3.05) is 7.05 Å². The third-order valence-corrected chi connectivity index (χ3v) is 1.95. The Kier molecular flexibility index (Phi) is 3.57. The average molecular weight is 207 g/mol. The maximum Gasteiger partial charge on any atom is 0.389 e. The van der Waals surface area contributed by atoms with Gasteiger partial charge in [-0.25, -0.2) is 0 Å². The van der Waals surface area contributed by atoms with Gasteiger partial charge < -0.3 is 9.73 Å². The van der Waals surface area contributed by atoms with Crippen LogP contribution in [0.2, 0.25) is 0 Å². The quantitative estimate of drug-likeness (QED) is 0.821. The number of furan rings is 1. The first-order chi connectivity index (χ1) is 6.53. The number of alkyl halides is 3. The molecule has 0 aliphatic rings. The van der Waals surface area contributed by atoms with Gasteiger partial charge in [0.05, 0.1) is 12.3 Å². The van der Waals surface area contributed by atoms with Crippen molar-refractivity contribution in [3.8, 4) is 0 Å². The average Bonchev–Trinajstić information content (AvgIpc) is 2.56. The van der Waals surface area contributed by atoms with E-state index in [1.807, 2.05) is 0 Å². The highest BCUT2D eigenvalue weighted by molar-refractivity contribution is 5.03. The lowest BCUT2D eigenvalue weighted by molar-refractivity contribution is -0.136. The van der Waals surface area contributed by atoms with E-state index in [1.165, 1.54) is 6.26 Å². The van der Waals surface area contributed by atoms with Gasteiger partial charge in [0.25, 0.3) is 0 Å². The van der Waals surface area contributed by atoms with Gasteiger partial charge in [-0.15, -0.1) is 0 Å². The lowest BCUT2D eigenvalue weighted by atomic mass is 10.1. The maximum absolute atomic E-state index is 11.9. The molecule has 0 saturated heterocycles. The maximum atomic E-state index is 11.9. The normalized spacial score (nSPS) is 14.3. The third-order valence-electron chi connectivity index (χ3n) is 1.95. The minimum atomic E-state index is -4.11. The van der Waals surface area contributed by atoms with Gasteiger partial charge in [-0.1, -0.05) is 0 Å². The fraction of sp³-hybridized carbons (Fsp3) is 0.556.